The Hall–Kier alpha value is -1.87. The molecule has 0 N–H and O–H groups in total. The van der Waals surface area contributed by atoms with Crippen molar-refractivity contribution in [2.75, 3.05) is 6.61 Å². The van der Waals surface area contributed by atoms with Crippen molar-refractivity contribution in [2.24, 2.45) is 0 Å². The first-order valence-corrected chi connectivity index (χ1v) is 6.82. The molecule has 0 fully saturated rings. The van der Waals surface area contributed by atoms with Gasteiger partial charge in [-0.3, -0.25) is 0 Å². The van der Waals surface area contributed by atoms with Crippen molar-refractivity contribution in [1.29, 1.82) is 0 Å². The van der Waals surface area contributed by atoms with Gasteiger partial charge in [0.2, 0.25) is 0 Å². The number of nitrogens with zero attached hydrogens (tertiary/aromatic N) is 1. The monoisotopic (exact) mass is 289 g/mol. The molecule has 0 aliphatic heterocycles. The van der Waals surface area contributed by atoms with Crippen LogP contribution < -0.4 is 0 Å². The number of ether oxygens (including phenoxy) is 1. The van der Waals surface area contributed by atoms with E-state index in [0.29, 0.717) is 17.3 Å². The Bertz CT molecular complexity index is 692. The summed E-state index contributed by atoms with van der Waals surface area (Å²) in [4.78, 5) is 15.8. The fourth-order valence-electron chi connectivity index (χ4n) is 1.99. The lowest BCUT2D eigenvalue weighted by Gasteiger charge is -2.07. The molecular formula is C16H16ClNO2. The highest BCUT2D eigenvalue weighted by Crippen LogP contribution is 2.26. The van der Waals surface area contributed by atoms with Crippen LogP contribution in [0.4, 0.5) is 0 Å². The zero-order chi connectivity index (χ0) is 14.7. The number of carbonyl (C=O) groups excluding carboxylic acids is 1. The number of benzene rings is 1. The van der Waals surface area contributed by atoms with Crippen molar-refractivity contribution in [1.82, 2.24) is 4.98 Å². The summed E-state index contributed by atoms with van der Waals surface area (Å²) < 4.78 is 4.84. The molecule has 0 saturated heterocycles. The summed E-state index contributed by atoms with van der Waals surface area (Å²) in [6, 6.07) is 6.02. The number of fused-ring (bicyclic) bond motifs is 1. The first-order valence-electron chi connectivity index (χ1n) is 6.44. The summed E-state index contributed by atoms with van der Waals surface area (Å²) in [6.07, 6.45) is 3.00. The van der Waals surface area contributed by atoms with Crippen LogP contribution in [0.5, 0.6) is 0 Å². The number of carbonyl (C=O) groups is 1. The van der Waals surface area contributed by atoms with Gasteiger partial charge in [-0.2, -0.15) is 0 Å². The third-order valence-corrected chi connectivity index (χ3v) is 3.37. The van der Waals surface area contributed by atoms with Gasteiger partial charge < -0.3 is 4.74 Å². The Morgan fingerprint density at radius 1 is 1.35 bits per heavy atom. The molecule has 1 aromatic heterocycles. The molecule has 0 aliphatic rings. The average molecular weight is 290 g/mol. The van der Waals surface area contributed by atoms with Crippen LogP contribution in [0.2, 0.25) is 5.15 Å². The molecule has 1 heterocycles. The molecule has 4 heteroatoms. The minimum Gasteiger partial charge on any atom is -0.463 e. The Morgan fingerprint density at radius 3 is 2.75 bits per heavy atom. The molecule has 2 aromatic rings. The summed E-state index contributed by atoms with van der Waals surface area (Å²) in [6.45, 7) is 6.14. The van der Waals surface area contributed by atoms with Gasteiger partial charge in [0, 0.05) is 17.0 Å². The summed E-state index contributed by atoms with van der Waals surface area (Å²) in [5.74, 6) is -0.385. The molecule has 1 aromatic carbocycles. The largest absolute Gasteiger partial charge is 0.463 e. The highest BCUT2D eigenvalue weighted by molar-refractivity contribution is 6.31. The number of hydrogen-bond acceptors (Lipinski definition) is 3. The molecular weight excluding hydrogens is 274 g/mol. The Morgan fingerprint density at radius 2 is 2.05 bits per heavy atom. The van der Waals surface area contributed by atoms with E-state index < -0.39 is 0 Å². The second kappa shape index (κ2) is 6.06. The molecule has 3 nitrogen and oxygen atoms in total. The zero-order valence-corrected chi connectivity index (χ0v) is 12.5. The second-order valence-electron chi connectivity index (χ2n) is 4.55. The van der Waals surface area contributed by atoms with E-state index >= 15 is 0 Å². The van der Waals surface area contributed by atoms with Gasteiger partial charge in [-0.15, -0.1) is 0 Å². The normalized spacial score (nSPS) is 11.2. The van der Waals surface area contributed by atoms with Crippen LogP contribution in [0.1, 0.15) is 23.6 Å². The van der Waals surface area contributed by atoms with E-state index in [4.69, 9.17) is 16.3 Å². The minimum absolute atomic E-state index is 0.352. The lowest BCUT2D eigenvalue weighted by atomic mass is 10.0. The van der Waals surface area contributed by atoms with Gasteiger partial charge in [-0.05, 0) is 44.0 Å². The molecule has 2 rings (SSSR count). The zero-order valence-electron chi connectivity index (χ0n) is 11.7. The predicted octanol–water partition coefficient (Wildman–Crippen LogP) is 4.08. The molecule has 0 saturated carbocycles. The Labute approximate surface area is 123 Å². The van der Waals surface area contributed by atoms with Crippen LogP contribution >= 0.6 is 11.6 Å². The molecule has 20 heavy (non-hydrogen) atoms. The molecule has 0 aliphatic carbocycles. The predicted molar refractivity (Wildman–Crippen MR) is 81.9 cm³/mol. The number of pyridine rings is 1. The van der Waals surface area contributed by atoms with Gasteiger partial charge in [-0.25, -0.2) is 9.78 Å². The van der Waals surface area contributed by atoms with E-state index in [0.717, 1.165) is 22.0 Å². The molecule has 104 valence electrons. The Kier molecular flexibility index (Phi) is 4.40. The van der Waals surface area contributed by atoms with E-state index in [9.17, 15) is 4.79 Å². The number of halogens is 1. The van der Waals surface area contributed by atoms with Crippen LogP contribution in [0.15, 0.2) is 24.3 Å². The smallest absolute Gasteiger partial charge is 0.330 e. The fraction of sp³-hybridized carbons (Fsp3) is 0.250. The van der Waals surface area contributed by atoms with Crippen molar-refractivity contribution in [2.45, 2.75) is 20.8 Å². The van der Waals surface area contributed by atoms with Crippen LogP contribution in [-0.4, -0.2) is 17.6 Å². The van der Waals surface area contributed by atoms with Crippen LogP contribution in [0.3, 0.4) is 0 Å². The van der Waals surface area contributed by atoms with Gasteiger partial charge in [0.1, 0.15) is 5.15 Å². The van der Waals surface area contributed by atoms with Crippen molar-refractivity contribution in [3.8, 4) is 0 Å². The van der Waals surface area contributed by atoms with E-state index in [1.807, 2.05) is 32.0 Å². The van der Waals surface area contributed by atoms with Crippen molar-refractivity contribution < 1.29 is 9.53 Å². The maximum absolute atomic E-state index is 11.3. The summed E-state index contributed by atoms with van der Waals surface area (Å²) in [5.41, 5.74) is 3.80. The Balaban J connectivity index is 2.48. The van der Waals surface area contributed by atoms with E-state index in [1.165, 1.54) is 6.08 Å². The van der Waals surface area contributed by atoms with E-state index in [1.54, 1.807) is 13.0 Å². The fourth-order valence-corrected chi connectivity index (χ4v) is 2.19. The lowest BCUT2D eigenvalue weighted by Crippen LogP contribution is -1.98. The lowest BCUT2D eigenvalue weighted by molar-refractivity contribution is -0.137. The number of aryl methyl sites for hydroxylation is 2. The average Bonchev–Trinajstić information content (AvgIpc) is 2.41. The SMILES string of the molecule is CCOC(=O)/C=C/c1cc2c(C)ccc(C)c2nc1Cl. The molecule has 0 radical (unpaired) electrons. The van der Waals surface area contributed by atoms with Crippen LogP contribution in [-0.2, 0) is 9.53 Å². The maximum Gasteiger partial charge on any atom is 0.330 e. The quantitative estimate of drug-likeness (QED) is 0.485. The summed E-state index contributed by atoms with van der Waals surface area (Å²) in [7, 11) is 0. The summed E-state index contributed by atoms with van der Waals surface area (Å²) >= 11 is 6.17. The molecule has 0 unspecified atom stereocenters. The van der Waals surface area contributed by atoms with Crippen molar-refractivity contribution in [3.05, 3.63) is 46.1 Å². The molecule has 0 spiro atoms. The number of hydrogen-bond donors (Lipinski definition) is 0. The first kappa shape index (κ1) is 14.5. The third-order valence-electron chi connectivity index (χ3n) is 3.07. The molecule has 0 amide bonds. The second-order valence-corrected chi connectivity index (χ2v) is 4.91. The number of rotatable bonds is 3. The van der Waals surface area contributed by atoms with Gasteiger partial charge >= 0.3 is 5.97 Å². The number of esters is 1. The first-order chi connectivity index (χ1) is 9.52. The van der Waals surface area contributed by atoms with Crippen molar-refractivity contribution >= 4 is 34.5 Å². The van der Waals surface area contributed by atoms with Gasteiger partial charge in [0.05, 0.1) is 12.1 Å². The summed E-state index contributed by atoms with van der Waals surface area (Å²) in [5, 5.41) is 1.42. The van der Waals surface area contributed by atoms with Crippen molar-refractivity contribution in [3.63, 3.8) is 0 Å². The topological polar surface area (TPSA) is 39.2 Å². The van der Waals surface area contributed by atoms with Gasteiger partial charge in [0.15, 0.2) is 0 Å². The molecule has 0 bridgehead atoms. The maximum atomic E-state index is 11.3. The highest BCUT2D eigenvalue weighted by Gasteiger charge is 2.07. The number of aromatic nitrogens is 1. The highest BCUT2D eigenvalue weighted by atomic mass is 35.5. The van der Waals surface area contributed by atoms with Gasteiger partial charge in [-0.1, -0.05) is 23.7 Å². The van der Waals surface area contributed by atoms with Crippen LogP contribution in [0, 0.1) is 13.8 Å². The standard InChI is InChI=1S/C16H16ClNO2/c1-4-20-14(19)8-7-12-9-13-10(2)5-6-11(3)15(13)18-16(12)17/h5-9H,4H2,1-3H3/b8-7+. The minimum atomic E-state index is -0.385. The van der Waals surface area contributed by atoms with Crippen LogP contribution in [0.25, 0.3) is 17.0 Å². The third kappa shape index (κ3) is 2.99. The van der Waals surface area contributed by atoms with E-state index in [2.05, 4.69) is 4.98 Å². The van der Waals surface area contributed by atoms with Gasteiger partial charge in [0.25, 0.3) is 0 Å². The van der Waals surface area contributed by atoms with E-state index in [-0.39, 0.29) is 5.97 Å². The molecule has 0 atom stereocenters.